The molecule has 0 atom stereocenters. The fraction of sp³-hybridized carbons (Fsp3) is 0.286. The highest BCUT2D eigenvalue weighted by molar-refractivity contribution is 5.70. The molecule has 1 aliphatic rings. The van der Waals surface area contributed by atoms with Gasteiger partial charge in [-0.05, 0) is 54.4 Å². The van der Waals surface area contributed by atoms with E-state index >= 15 is 0 Å². The average Bonchev–Trinajstić information content (AvgIpc) is 3.32. The number of methoxy groups -OCH3 is 1. The third-order valence-corrected chi connectivity index (χ3v) is 6.38. The molecule has 1 aliphatic heterocycles. The van der Waals surface area contributed by atoms with Crippen molar-refractivity contribution in [1.82, 2.24) is 9.30 Å². The predicted octanol–water partition coefficient (Wildman–Crippen LogP) is 5.21. The molecule has 3 heterocycles. The second kappa shape index (κ2) is 10.0. The number of para-hydroxylation sites is 2. The van der Waals surface area contributed by atoms with Crippen molar-refractivity contribution in [3.8, 4) is 22.6 Å². The summed E-state index contributed by atoms with van der Waals surface area (Å²) in [5.74, 6) is 1.89. The van der Waals surface area contributed by atoms with Crippen LogP contribution in [0.25, 0.3) is 16.6 Å². The zero-order valence-corrected chi connectivity index (χ0v) is 19.2. The van der Waals surface area contributed by atoms with Crippen LogP contribution < -0.4 is 14.4 Å². The maximum absolute atomic E-state index is 6.01. The molecule has 4 aromatic rings. The maximum atomic E-state index is 6.01. The molecule has 2 aromatic heterocycles. The molecule has 0 unspecified atom stereocenters. The highest BCUT2D eigenvalue weighted by atomic mass is 16.5. The molecule has 0 radical (unpaired) electrons. The quantitative estimate of drug-likeness (QED) is 0.351. The van der Waals surface area contributed by atoms with Crippen LogP contribution in [0.4, 0.5) is 5.69 Å². The minimum atomic E-state index is 0.738. The van der Waals surface area contributed by atoms with Gasteiger partial charge in [-0.3, -0.25) is 4.90 Å². The monoisotopic (exact) mass is 441 g/mol. The molecule has 1 fully saturated rings. The number of hydrogen-bond acceptors (Lipinski definition) is 4. The highest BCUT2D eigenvalue weighted by Crippen LogP contribution is 2.28. The summed E-state index contributed by atoms with van der Waals surface area (Å²) in [6.07, 6.45) is 5.27. The summed E-state index contributed by atoms with van der Waals surface area (Å²) >= 11 is 0. The SMILES string of the molecule is COc1ccccc1N1CCN(CCCOc2ccc(-c3cc4ccccn4c3)cc2)CC1. The molecule has 0 N–H and O–H groups in total. The number of pyridine rings is 1. The van der Waals surface area contributed by atoms with E-state index < -0.39 is 0 Å². The summed E-state index contributed by atoms with van der Waals surface area (Å²) in [5.41, 5.74) is 4.83. The maximum Gasteiger partial charge on any atom is 0.142 e. The van der Waals surface area contributed by atoms with Gasteiger partial charge in [0.2, 0.25) is 0 Å². The number of piperazine rings is 1. The lowest BCUT2D eigenvalue weighted by molar-refractivity contribution is 0.224. The standard InChI is InChI=1S/C28H31N3O2/c1-32-28-9-3-2-8-27(28)30-18-16-29(17-19-30)14-6-20-33-26-12-10-23(11-13-26)24-21-25-7-4-5-15-31(25)22-24/h2-5,7-13,15,21-22H,6,14,16-20H2,1H3. The number of hydrogen-bond donors (Lipinski definition) is 0. The fourth-order valence-electron chi connectivity index (χ4n) is 4.54. The lowest BCUT2D eigenvalue weighted by atomic mass is 10.1. The Balaban J connectivity index is 1.06. The van der Waals surface area contributed by atoms with Crippen molar-refractivity contribution in [2.45, 2.75) is 6.42 Å². The number of ether oxygens (including phenoxy) is 2. The van der Waals surface area contributed by atoms with Crippen LogP contribution >= 0.6 is 0 Å². The molecule has 5 rings (SSSR count). The zero-order valence-electron chi connectivity index (χ0n) is 19.2. The van der Waals surface area contributed by atoms with Gasteiger partial charge in [0.1, 0.15) is 11.5 Å². The molecule has 170 valence electrons. The van der Waals surface area contributed by atoms with E-state index in [9.17, 15) is 0 Å². The van der Waals surface area contributed by atoms with E-state index in [0.29, 0.717) is 0 Å². The van der Waals surface area contributed by atoms with E-state index in [1.165, 1.54) is 22.3 Å². The molecule has 5 heteroatoms. The molecule has 0 aliphatic carbocycles. The number of nitrogens with zero attached hydrogens (tertiary/aromatic N) is 3. The third-order valence-electron chi connectivity index (χ3n) is 6.38. The molecule has 0 amide bonds. The van der Waals surface area contributed by atoms with Crippen molar-refractivity contribution in [2.24, 2.45) is 0 Å². The van der Waals surface area contributed by atoms with Gasteiger partial charge in [0.25, 0.3) is 0 Å². The number of anilines is 1. The Morgan fingerprint density at radius 3 is 2.39 bits per heavy atom. The number of aromatic nitrogens is 1. The first-order valence-corrected chi connectivity index (χ1v) is 11.7. The lowest BCUT2D eigenvalue weighted by Gasteiger charge is -2.36. The fourth-order valence-corrected chi connectivity index (χ4v) is 4.54. The van der Waals surface area contributed by atoms with E-state index in [2.05, 4.69) is 81.2 Å². The number of rotatable bonds is 8. The highest BCUT2D eigenvalue weighted by Gasteiger charge is 2.19. The van der Waals surface area contributed by atoms with Crippen LogP contribution in [0.15, 0.2) is 85.2 Å². The Bertz CT molecular complexity index is 1140. The minimum Gasteiger partial charge on any atom is -0.495 e. The summed E-state index contributed by atoms with van der Waals surface area (Å²) in [6.45, 7) is 5.99. The van der Waals surface area contributed by atoms with Crippen molar-refractivity contribution in [1.29, 1.82) is 0 Å². The van der Waals surface area contributed by atoms with Crippen LogP contribution in [0.3, 0.4) is 0 Å². The Kier molecular flexibility index (Phi) is 6.49. The smallest absolute Gasteiger partial charge is 0.142 e. The van der Waals surface area contributed by atoms with Crippen molar-refractivity contribution in [2.75, 3.05) is 51.3 Å². The summed E-state index contributed by atoms with van der Waals surface area (Å²) in [4.78, 5) is 4.94. The molecular weight excluding hydrogens is 410 g/mol. The van der Waals surface area contributed by atoms with Crippen LogP contribution in [0.5, 0.6) is 11.5 Å². The summed E-state index contributed by atoms with van der Waals surface area (Å²) in [6, 6.07) is 25.2. The Morgan fingerprint density at radius 2 is 1.61 bits per heavy atom. The van der Waals surface area contributed by atoms with Crippen LogP contribution in [-0.4, -0.2) is 55.7 Å². The molecule has 2 aromatic carbocycles. The topological polar surface area (TPSA) is 29.4 Å². The van der Waals surface area contributed by atoms with Gasteiger partial charge >= 0.3 is 0 Å². The second-order valence-electron chi connectivity index (χ2n) is 8.49. The lowest BCUT2D eigenvalue weighted by Crippen LogP contribution is -2.46. The average molecular weight is 442 g/mol. The summed E-state index contributed by atoms with van der Waals surface area (Å²) in [7, 11) is 1.74. The van der Waals surface area contributed by atoms with Gasteiger partial charge in [-0.25, -0.2) is 0 Å². The number of fused-ring (bicyclic) bond motifs is 1. The largest absolute Gasteiger partial charge is 0.495 e. The predicted molar refractivity (Wildman–Crippen MR) is 135 cm³/mol. The van der Waals surface area contributed by atoms with Gasteiger partial charge in [0, 0.05) is 56.2 Å². The van der Waals surface area contributed by atoms with Crippen molar-refractivity contribution in [3.05, 3.63) is 85.2 Å². The van der Waals surface area contributed by atoms with Gasteiger partial charge in [-0.15, -0.1) is 0 Å². The molecule has 33 heavy (non-hydrogen) atoms. The number of benzene rings is 2. The van der Waals surface area contributed by atoms with Gasteiger partial charge < -0.3 is 18.8 Å². The van der Waals surface area contributed by atoms with E-state index in [0.717, 1.165) is 57.3 Å². The van der Waals surface area contributed by atoms with Gasteiger partial charge in [0.15, 0.2) is 0 Å². The first kappa shape index (κ1) is 21.4. The molecular formula is C28H31N3O2. The van der Waals surface area contributed by atoms with E-state index in [4.69, 9.17) is 9.47 Å². The molecule has 0 spiro atoms. The van der Waals surface area contributed by atoms with Gasteiger partial charge in [-0.1, -0.05) is 30.3 Å². The Morgan fingerprint density at radius 1 is 0.818 bits per heavy atom. The molecule has 0 bridgehead atoms. The van der Waals surface area contributed by atoms with Gasteiger partial charge in [-0.2, -0.15) is 0 Å². The third kappa shape index (κ3) is 4.99. The van der Waals surface area contributed by atoms with Crippen LogP contribution in [0.2, 0.25) is 0 Å². The molecule has 5 nitrogen and oxygen atoms in total. The first-order valence-electron chi connectivity index (χ1n) is 11.7. The minimum absolute atomic E-state index is 0.738. The van der Waals surface area contributed by atoms with Crippen LogP contribution in [0.1, 0.15) is 6.42 Å². The van der Waals surface area contributed by atoms with Gasteiger partial charge in [0.05, 0.1) is 19.4 Å². The summed E-state index contributed by atoms with van der Waals surface area (Å²) in [5, 5.41) is 0. The summed E-state index contributed by atoms with van der Waals surface area (Å²) < 4.78 is 13.7. The zero-order chi connectivity index (χ0) is 22.5. The Labute approximate surface area is 195 Å². The van der Waals surface area contributed by atoms with Crippen molar-refractivity contribution >= 4 is 11.2 Å². The van der Waals surface area contributed by atoms with E-state index in [1.807, 2.05) is 18.2 Å². The molecule has 1 saturated heterocycles. The van der Waals surface area contributed by atoms with E-state index in [-0.39, 0.29) is 0 Å². The normalized spacial score (nSPS) is 14.5. The van der Waals surface area contributed by atoms with Crippen molar-refractivity contribution in [3.63, 3.8) is 0 Å². The van der Waals surface area contributed by atoms with E-state index in [1.54, 1.807) is 7.11 Å². The molecule has 0 saturated carbocycles. The first-order chi connectivity index (χ1) is 16.3. The second-order valence-corrected chi connectivity index (χ2v) is 8.49. The van der Waals surface area contributed by atoms with Crippen LogP contribution in [-0.2, 0) is 0 Å². The Hall–Kier alpha value is -3.44. The van der Waals surface area contributed by atoms with Crippen LogP contribution in [0, 0.1) is 0 Å². The van der Waals surface area contributed by atoms with Crippen molar-refractivity contribution < 1.29 is 9.47 Å².